The Kier molecular flexibility index (Phi) is 4.16. The van der Waals surface area contributed by atoms with Crippen molar-refractivity contribution in [3.05, 3.63) is 52.2 Å². The number of hydrogen-bond acceptors (Lipinski definition) is 6. The molecule has 5 nitrogen and oxygen atoms in total. The van der Waals surface area contributed by atoms with Gasteiger partial charge in [-0.3, -0.25) is 4.90 Å². The first-order valence-electron chi connectivity index (χ1n) is 8.28. The highest BCUT2D eigenvalue weighted by atomic mass is 32.1. The van der Waals surface area contributed by atoms with E-state index in [0.29, 0.717) is 0 Å². The molecule has 0 bridgehead atoms. The lowest BCUT2D eigenvalue weighted by Crippen LogP contribution is -2.31. The third-order valence-corrected chi connectivity index (χ3v) is 5.19. The fraction of sp³-hybridized carbons (Fsp3) is 0.389. The van der Waals surface area contributed by atoms with E-state index in [1.54, 1.807) is 11.3 Å². The number of aromatic nitrogens is 3. The number of aryl methyl sites for hydroxylation is 2. The summed E-state index contributed by atoms with van der Waals surface area (Å²) in [5, 5.41) is 3.08. The first-order chi connectivity index (χ1) is 11.7. The van der Waals surface area contributed by atoms with Gasteiger partial charge in [-0.05, 0) is 31.0 Å². The molecule has 1 aliphatic rings. The SMILES string of the molecule is CCc1ncc2c(n1)CN(Cc1csc(-c3ccc(C)o3)n1)CC2. The van der Waals surface area contributed by atoms with Gasteiger partial charge in [0.25, 0.3) is 0 Å². The Hall–Kier alpha value is -2.05. The van der Waals surface area contributed by atoms with Crippen LogP contribution in [0, 0.1) is 6.92 Å². The highest BCUT2D eigenvalue weighted by Crippen LogP contribution is 2.27. The molecule has 3 aromatic heterocycles. The van der Waals surface area contributed by atoms with Crippen LogP contribution >= 0.6 is 11.3 Å². The van der Waals surface area contributed by atoms with Crippen molar-refractivity contribution in [1.29, 1.82) is 0 Å². The van der Waals surface area contributed by atoms with Gasteiger partial charge in [0.2, 0.25) is 0 Å². The smallest absolute Gasteiger partial charge is 0.162 e. The summed E-state index contributed by atoms with van der Waals surface area (Å²) in [6.45, 7) is 6.79. The summed E-state index contributed by atoms with van der Waals surface area (Å²) in [6.07, 6.45) is 3.89. The molecule has 0 N–H and O–H groups in total. The van der Waals surface area contributed by atoms with Crippen molar-refractivity contribution in [1.82, 2.24) is 19.9 Å². The minimum absolute atomic E-state index is 0.848. The lowest BCUT2D eigenvalue weighted by atomic mass is 10.1. The molecule has 0 amide bonds. The lowest BCUT2D eigenvalue weighted by molar-refractivity contribution is 0.238. The van der Waals surface area contributed by atoms with Crippen molar-refractivity contribution in [3.8, 4) is 10.8 Å². The minimum atomic E-state index is 0.848. The summed E-state index contributed by atoms with van der Waals surface area (Å²) < 4.78 is 5.66. The molecule has 0 saturated heterocycles. The molecule has 0 fully saturated rings. The number of thiazole rings is 1. The fourth-order valence-electron chi connectivity index (χ4n) is 2.98. The number of fused-ring (bicyclic) bond motifs is 1. The fourth-order valence-corrected chi connectivity index (χ4v) is 3.75. The molecule has 4 rings (SSSR count). The van der Waals surface area contributed by atoms with Crippen molar-refractivity contribution in [2.24, 2.45) is 0 Å². The van der Waals surface area contributed by atoms with E-state index < -0.39 is 0 Å². The Morgan fingerprint density at radius 1 is 1.29 bits per heavy atom. The van der Waals surface area contributed by atoms with E-state index >= 15 is 0 Å². The largest absolute Gasteiger partial charge is 0.459 e. The third-order valence-electron chi connectivity index (χ3n) is 4.28. The molecule has 0 radical (unpaired) electrons. The van der Waals surface area contributed by atoms with Crippen molar-refractivity contribution in [2.75, 3.05) is 6.54 Å². The van der Waals surface area contributed by atoms with Crippen LogP contribution in [0.5, 0.6) is 0 Å². The second-order valence-corrected chi connectivity index (χ2v) is 6.98. The van der Waals surface area contributed by atoms with Crippen molar-refractivity contribution in [2.45, 2.75) is 39.8 Å². The van der Waals surface area contributed by atoms with Crippen LogP contribution in [0.25, 0.3) is 10.8 Å². The zero-order chi connectivity index (χ0) is 16.5. The van der Waals surface area contributed by atoms with Gasteiger partial charge in [-0.1, -0.05) is 6.92 Å². The van der Waals surface area contributed by atoms with Gasteiger partial charge in [-0.2, -0.15) is 0 Å². The minimum Gasteiger partial charge on any atom is -0.459 e. The van der Waals surface area contributed by atoms with Gasteiger partial charge in [-0.25, -0.2) is 15.0 Å². The van der Waals surface area contributed by atoms with Gasteiger partial charge >= 0.3 is 0 Å². The maximum absolute atomic E-state index is 5.66. The van der Waals surface area contributed by atoms with Crippen LogP contribution in [0.3, 0.4) is 0 Å². The maximum Gasteiger partial charge on any atom is 0.162 e. The topological polar surface area (TPSA) is 55.1 Å². The summed E-state index contributed by atoms with van der Waals surface area (Å²) in [4.78, 5) is 16.2. The lowest BCUT2D eigenvalue weighted by Gasteiger charge is -2.27. The molecule has 124 valence electrons. The summed E-state index contributed by atoms with van der Waals surface area (Å²) in [7, 11) is 0. The third kappa shape index (κ3) is 3.12. The van der Waals surface area contributed by atoms with Gasteiger partial charge in [0, 0.05) is 37.6 Å². The maximum atomic E-state index is 5.66. The number of rotatable bonds is 4. The first-order valence-corrected chi connectivity index (χ1v) is 9.16. The van der Waals surface area contributed by atoms with Crippen molar-refractivity contribution < 1.29 is 4.42 Å². The van der Waals surface area contributed by atoms with E-state index in [1.807, 2.05) is 25.3 Å². The molecule has 0 aliphatic carbocycles. The van der Waals surface area contributed by atoms with Crippen LogP contribution < -0.4 is 0 Å². The highest BCUT2D eigenvalue weighted by Gasteiger charge is 2.19. The van der Waals surface area contributed by atoms with Crippen LogP contribution in [-0.2, 0) is 25.9 Å². The van der Waals surface area contributed by atoms with E-state index in [9.17, 15) is 0 Å². The monoisotopic (exact) mass is 340 g/mol. The van der Waals surface area contributed by atoms with Crippen LogP contribution in [-0.4, -0.2) is 26.4 Å². The normalized spacial score (nSPS) is 14.8. The first kappa shape index (κ1) is 15.5. The van der Waals surface area contributed by atoms with Gasteiger partial charge in [0.15, 0.2) is 10.8 Å². The van der Waals surface area contributed by atoms with E-state index in [-0.39, 0.29) is 0 Å². The average Bonchev–Trinajstić information content (AvgIpc) is 3.23. The highest BCUT2D eigenvalue weighted by molar-refractivity contribution is 7.13. The molecule has 0 aromatic carbocycles. The van der Waals surface area contributed by atoms with Crippen LogP contribution in [0.15, 0.2) is 28.1 Å². The van der Waals surface area contributed by atoms with E-state index in [1.165, 1.54) is 11.3 Å². The molecular weight excluding hydrogens is 320 g/mol. The molecule has 0 atom stereocenters. The van der Waals surface area contributed by atoms with Gasteiger partial charge in [0.1, 0.15) is 11.6 Å². The number of furan rings is 1. The Balaban J connectivity index is 1.47. The molecular formula is C18H20N4OS. The standard InChI is InChI=1S/C18H20N4OS/c1-3-17-19-8-13-6-7-22(10-15(13)21-17)9-14-11-24-18(20-14)16-5-4-12(2)23-16/h4-5,8,11H,3,6-7,9-10H2,1-2H3. The quantitative estimate of drug-likeness (QED) is 0.726. The second-order valence-electron chi connectivity index (χ2n) is 6.13. The van der Waals surface area contributed by atoms with Gasteiger partial charge in [0.05, 0.1) is 11.4 Å². The van der Waals surface area contributed by atoms with Gasteiger partial charge in [-0.15, -0.1) is 11.3 Å². The zero-order valence-electron chi connectivity index (χ0n) is 14.0. The van der Waals surface area contributed by atoms with E-state index in [0.717, 1.165) is 60.5 Å². The van der Waals surface area contributed by atoms with Crippen LogP contribution in [0.1, 0.15) is 35.5 Å². The molecule has 0 saturated carbocycles. The molecule has 3 aromatic rings. The predicted octanol–water partition coefficient (Wildman–Crippen LogP) is 3.62. The van der Waals surface area contributed by atoms with E-state index in [2.05, 4.69) is 22.2 Å². The molecule has 0 unspecified atom stereocenters. The van der Waals surface area contributed by atoms with Crippen molar-refractivity contribution in [3.63, 3.8) is 0 Å². The Bertz CT molecular complexity index is 854. The number of nitrogens with zero attached hydrogens (tertiary/aromatic N) is 4. The second kappa shape index (κ2) is 6.45. The van der Waals surface area contributed by atoms with Gasteiger partial charge < -0.3 is 4.42 Å². The summed E-state index contributed by atoms with van der Waals surface area (Å²) in [6, 6.07) is 3.96. The average molecular weight is 340 g/mol. The summed E-state index contributed by atoms with van der Waals surface area (Å²) in [5.41, 5.74) is 3.55. The summed E-state index contributed by atoms with van der Waals surface area (Å²) in [5.74, 6) is 2.70. The summed E-state index contributed by atoms with van der Waals surface area (Å²) >= 11 is 1.64. The molecule has 4 heterocycles. The predicted molar refractivity (Wildman–Crippen MR) is 93.8 cm³/mol. The molecule has 6 heteroatoms. The Labute approximate surface area is 145 Å². The van der Waals surface area contributed by atoms with E-state index in [4.69, 9.17) is 14.4 Å². The number of hydrogen-bond donors (Lipinski definition) is 0. The van der Waals surface area contributed by atoms with Crippen LogP contribution in [0.4, 0.5) is 0 Å². The molecule has 24 heavy (non-hydrogen) atoms. The molecule has 1 aliphatic heterocycles. The van der Waals surface area contributed by atoms with Crippen LogP contribution in [0.2, 0.25) is 0 Å². The Morgan fingerprint density at radius 2 is 2.21 bits per heavy atom. The zero-order valence-corrected chi connectivity index (χ0v) is 14.8. The van der Waals surface area contributed by atoms with Crippen molar-refractivity contribution >= 4 is 11.3 Å². The Morgan fingerprint density at radius 3 is 3.00 bits per heavy atom. The molecule has 0 spiro atoms.